The van der Waals surface area contributed by atoms with Crippen molar-refractivity contribution in [2.24, 2.45) is 0 Å². The Morgan fingerprint density at radius 2 is 1.21 bits per heavy atom. The van der Waals surface area contributed by atoms with Crippen LogP contribution in [0, 0.1) is 0 Å². The lowest BCUT2D eigenvalue weighted by Crippen LogP contribution is -2.28. The lowest BCUT2D eigenvalue weighted by molar-refractivity contribution is -0.0813. The first-order chi connectivity index (χ1) is 6.83. The highest BCUT2D eigenvalue weighted by molar-refractivity contribution is 4.84. The molecule has 0 bridgehead atoms. The molecule has 2 aliphatic heterocycles. The molecule has 0 aromatic carbocycles. The van der Waals surface area contributed by atoms with Crippen LogP contribution in [0.25, 0.3) is 0 Å². The minimum Gasteiger partial charge on any atom is -0.394 e. The van der Waals surface area contributed by atoms with Crippen LogP contribution in [0.15, 0.2) is 0 Å². The highest BCUT2D eigenvalue weighted by atomic mass is 16.6. The molecule has 2 rings (SSSR count). The van der Waals surface area contributed by atoms with Crippen molar-refractivity contribution in [3.63, 3.8) is 0 Å². The van der Waals surface area contributed by atoms with Crippen LogP contribution in [0.2, 0.25) is 0 Å². The van der Waals surface area contributed by atoms with Gasteiger partial charge in [-0.2, -0.15) is 0 Å². The molecule has 2 heterocycles. The van der Waals surface area contributed by atoms with Crippen LogP contribution in [0.3, 0.4) is 0 Å². The summed E-state index contributed by atoms with van der Waals surface area (Å²) in [5.74, 6) is 0. The third-order valence-electron chi connectivity index (χ3n) is 3.10. The summed E-state index contributed by atoms with van der Waals surface area (Å²) in [7, 11) is 0. The Hall–Kier alpha value is -0.160. The first-order valence-electron chi connectivity index (χ1n) is 5.36. The molecular formula is C10H18O4. The fourth-order valence-electron chi connectivity index (χ4n) is 2.28. The summed E-state index contributed by atoms with van der Waals surface area (Å²) < 4.78 is 11.3. The standard InChI is InChI=1S/C10H18O4/c11-5-7-1-3-9(13-7)10-4-2-8(6-12)14-10/h7-12H,1-6H2/t7-,8-,9-,10-/m0/s1. The van der Waals surface area contributed by atoms with Crippen LogP contribution in [0.5, 0.6) is 0 Å². The highest BCUT2D eigenvalue weighted by Gasteiger charge is 2.36. The van der Waals surface area contributed by atoms with Gasteiger partial charge >= 0.3 is 0 Å². The van der Waals surface area contributed by atoms with Crippen LogP contribution >= 0.6 is 0 Å². The quantitative estimate of drug-likeness (QED) is 0.679. The van der Waals surface area contributed by atoms with Gasteiger partial charge in [0.2, 0.25) is 0 Å². The fraction of sp³-hybridized carbons (Fsp3) is 1.00. The SMILES string of the molecule is OC[C@@H]1CC[C@@H]([C@@H]2CC[C@@H](CO)O2)O1. The van der Waals surface area contributed by atoms with Gasteiger partial charge in [-0.25, -0.2) is 0 Å². The summed E-state index contributed by atoms with van der Waals surface area (Å²) in [6.07, 6.45) is 4.03. The molecule has 0 amide bonds. The largest absolute Gasteiger partial charge is 0.394 e. The second-order valence-electron chi connectivity index (χ2n) is 4.11. The van der Waals surface area contributed by atoms with Crippen molar-refractivity contribution in [2.75, 3.05) is 13.2 Å². The van der Waals surface area contributed by atoms with Crippen LogP contribution in [-0.2, 0) is 9.47 Å². The number of hydrogen-bond acceptors (Lipinski definition) is 4. The van der Waals surface area contributed by atoms with E-state index in [-0.39, 0.29) is 37.6 Å². The van der Waals surface area contributed by atoms with E-state index < -0.39 is 0 Å². The molecule has 0 aromatic rings. The Morgan fingerprint density at radius 3 is 1.50 bits per heavy atom. The molecule has 14 heavy (non-hydrogen) atoms. The maximum atomic E-state index is 8.92. The lowest BCUT2D eigenvalue weighted by Gasteiger charge is -2.19. The first-order valence-corrected chi connectivity index (χ1v) is 5.36. The lowest BCUT2D eigenvalue weighted by atomic mass is 10.1. The minimum absolute atomic E-state index is 0.00298. The molecule has 4 heteroatoms. The molecule has 0 unspecified atom stereocenters. The van der Waals surface area contributed by atoms with Gasteiger partial charge in [0.05, 0.1) is 37.6 Å². The summed E-state index contributed by atoms with van der Waals surface area (Å²) in [6.45, 7) is 0.208. The highest BCUT2D eigenvalue weighted by Crippen LogP contribution is 2.30. The molecule has 2 saturated heterocycles. The zero-order valence-electron chi connectivity index (χ0n) is 8.26. The van der Waals surface area contributed by atoms with Crippen LogP contribution in [-0.4, -0.2) is 47.8 Å². The van der Waals surface area contributed by atoms with E-state index in [2.05, 4.69) is 0 Å². The average molecular weight is 202 g/mol. The van der Waals surface area contributed by atoms with Crippen LogP contribution < -0.4 is 0 Å². The molecular weight excluding hydrogens is 184 g/mol. The third-order valence-corrected chi connectivity index (χ3v) is 3.10. The van der Waals surface area contributed by atoms with Crippen LogP contribution in [0.4, 0.5) is 0 Å². The zero-order valence-corrected chi connectivity index (χ0v) is 8.26. The van der Waals surface area contributed by atoms with Crippen molar-refractivity contribution in [3.8, 4) is 0 Å². The predicted molar refractivity (Wildman–Crippen MR) is 50.0 cm³/mol. The van der Waals surface area contributed by atoms with Gasteiger partial charge in [0.15, 0.2) is 0 Å². The summed E-state index contributed by atoms with van der Waals surface area (Å²) in [5, 5.41) is 17.8. The van der Waals surface area contributed by atoms with Gasteiger partial charge in [-0.3, -0.25) is 0 Å². The van der Waals surface area contributed by atoms with E-state index in [0.29, 0.717) is 0 Å². The van der Waals surface area contributed by atoms with E-state index in [1.807, 2.05) is 0 Å². The van der Waals surface area contributed by atoms with Crippen LogP contribution in [0.1, 0.15) is 25.7 Å². The second kappa shape index (κ2) is 4.57. The van der Waals surface area contributed by atoms with Gasteiger partial charge in [-0.15, -0.1) is 0 Å². The molecule has 0 saturated carbocycles. The third kappa shape index (κ3) is 2.08. The number of aliphatic hydroxyl groups excluding tert-OH is 2. The monoisotopic (exact) mass is 202 g/mol. The summed E-state index contributed by atoms with van der Waals surface area (Å²) in [4.78, 5) is 0. The van der Waals surface area contributed by atoms with E-state index in [4.69, 9.17) is 19.7 Å². The Bertz CT molecular complexity index is 165. The van der Waals surface area contributed by atoms with E-state index in [0.717, 1.165) is 25.7 Å². The zero-order chi connectivity index (χ0) is 9.97. The maximum Gasteiger partial charge on any atom is 0.0842 e. The number of ether oxygens (including phenoxy) is 2. The fourth-order valence-corrected chi connectivity index (χ4v) is 2.28. The molecule has 2 fully saturated rings. The summed E-state index contributed by atoms with van der Waals surface area (Å²) in [5.41, 5.74) is 0. The molecule has 0 spiro atoms. The van der Waals surface area contributed by atoms with E-state index in [9.17, 15) is 0 Å². The van der Waals surface area contributed by atoms with Crippen molar-refractivity contribution >= 4 is 0 Å². The van der Waals surface area contributed by atoms with Crippen molar-refractivity contribution in [1.82, 2.24) is 0 Å². The number of aliphatic hydroxyl groups is 2. The predicted octanol–water partition coefficient (Wildman–Crippen LogP) is 0.0662. The Labute approximate surface area is 83.8 Å². The molecule has 0 radical (unpaired) electrons. The molecule has 82 valence electrons. The van der Waals surface area contributed by atoms with Gasteiger partial charge in [0, 0.05) is 0 Å². The normalized spacial score (nSPS) is 43.3. The van der Waals surface area contributed by atoms with Crippen molar-refractivity contribution < 1.29 is 19.7 Å². The van der Waals surface area contributed by atoms with Crippen molar-refractivity contribution in [1.29, 1.82) is 0 Å². The van der Waals surface area contributed by atoms with E-state index in [1.54, 1.807) is 0 Å². The molecule has 0 aromatic heterocycles. The Balaban J connectivity index is 1.80. The van der Waals surface area contributed by atoms with Gasteiger partial charge in [0.1, 0.15) is 0 Å². The number of rotatable bonds is 3. The van der Waals surface area contributed by atoms with Crippen molar-refractivity contribution in [2.45, 2.75) is 50.1 Å². The summed E-state index contributed by atoms with van der Waals surface area (Å²) >= 11 is 0. The Kier molecular flexibility index (Phi) is 3.38. The molecule has 0 aliphatic carbocycles. The smallest absolute Gasteiger partial charge is 0.0842 e. The molecule has 4 atom stereocenters. The Morgan fingerprint density at radius 1 is 0.786 bits per heavy atom. The van der Waals surface area contributed by atoms with Gasteiger partial charge < -0.3 is 19.7 Å². The minimum atomic E-state index is -0.00298. The van der Waals surface area contributed by atoms with E-state index in [1.165, 1.54) is 0 Å². The van der Waals surface area contributed by atoms with Crippen molar-refractivity contribution in [3.05, 3.63) is 0 Å². The summed E-state index contributed by atoms with van der Waals surface area (Å²) in [6, 6.07) is 0. The van der Waals surface area contributed by atoms with Gasteiger partial charge in [0.25, 0.3) is 0 Å². The van der Waals surface area contributed by atoms with Gasteiger partial charge in [-0.05, 0) is 25.7 Å². The number of hydrogen-bond donors (Lipinski definition) is 2. The maximum absolute atomic E-state index is 8.92. The average Bonchev–Trinajstić information content (AvgIpc) is 2.86. The molecule has 2 aliphatic rings. The topological polar surface area (TPSA) is 58.9 Å². The van der Waals surface area contributed by atoms with Gasteiger partial charge in [-0.1, -0.05) is 0 Å². The second-order valence-corrected chi connectivity index (χ2v) is 4.11. The molecule has 4 nitrogen and oxygen atoms in total. The van der Waals surface area contributed by atoms with E-state index >= 15 is 0 Å². The first kappa shape index (κ1) is 10.4. The molecule has 2 N–H and O–H groups in total.